The van der Waals surface area contributed by atoms with E-state index in [2.05, 4.69) is 5.32 Å². The number of hydrogen-bond donors (Lipinski definition) is 1. The topological polar surface area (TPSA) is 58.6 Å². The second-order valence-corrected chi connectivity index (χ2v) is 4.76. The minimum atomic E-state index is -0.354. The summed E-state index contributed by atoms with van der Waals surface area (Å²) >= 11 is 0. The van der Waals surface area contributed by atoms with Crippen LogP contribution >= 0.6 is 0 Å². The van der Waals surface area contributed by atoms with Crippen LogP contribution in [0.4, 0.5) is 0 Å². The van der Waals surface area contributed by atoms with Crippen molar-refractivity contribution in [1.29, 1.82) is 0 Å². The maximum absolute atomic E-state index is 12.2. The molecule has 1 aliphatic rings. The maximum Gasteiger partial charge on any atom is 0.245 e. The second kappa shape index (κ2) is 7.36. The van der Waals surface area contributed by atoms with Crippen LogP contribution in [0.15, 0.2) is 0 Å². The molecule has 2 unspecified atom stereocenters. The molecule has 0 aliphatic carbocycles. The minimum Gasteiger partial charge on any atom is -0.385 e. The number of unbranched alkanes of at least 4 members (excludes halogenated alkanes) is 1. The molecule has 1 saturated heterocycles. The average molecular weight is 256 g/mol. The Bertz CT molecular complexity index is 294. The summed E-state index contributed by atoms with van der Waals surface area (Å²) in [5.74, 6) is 0.0150. The van der Waals surface area contributed by atoms with Gasteiger partial charge in [0.25, 0.3) is 0 Å². The normalized spacial score (nSPS) is 24.3. The van der Waals surface area contributed by atoms with Crippen molar-refractivity contribution < 1.29 is 14.3 Å². The summed E-state index contributed by atoms with van der Waals surface area (Å²) in [5, 5.41) is 2.79. The molecular formula is C13H24N2O3. The fourth-order valence-electron chi connectivity index (χ4n) is 2.20. The monoisotopic (exact) mass is 256 g/mol. The molecule has 5 nitrogen and oxygen atoms in total. The molecule has 1 fully saturated rings. The van der Waals surface area contributed by atoms with E-state index in [9.17, 15) is 9.59 Å². The van der Waals surface area contributed by atoms with E-state index in [1.165, 1.54) is 0 Å². The summed E-state index contributed by atoms with van der Waals surface area (Å²) in [4.78, 5) is 25.7. The van der Waals surface area contributed by atoms with Gasteiger partial charge >= 0.3 is 0 Å². The van der Waals surface area contributed by atoms with Crippen molar-refractivity contribution >= 4 is 11.8 Å². The van der Waals surface area contributed by atoms with Crippen molar-refractivity contribution in [1.82, 2.24) is 10.2 Å². The van der Waals surface area contributed by atoms with Gasteiger partial charge in [0.2, 0.25) is 11.8 Å². The van der Waals surface area contributed by atoms with Crippen LogP contribution in [-0.4, -0.2) is 49.1 Å². The highest BCUT2D eigenvalue weighted by molar-refractivity contribution is 5.96. The first-order valence-corrected chi connectivity index (χ1v) is 6.71. The second-order valence-electron chi connectivity index (χ2n) is 4.76. The van der Waals surface area contributed by atoms with E-state index in [0.29, 0.717) is 19.6 Å². The molecule has 0 aromatic rings. The summed E-state index contributed by atoms with van der Waals surface area (Å²) in [5.41, 5.74) is 0. The molecule has 1 rings (SSSR count). The van der Waals surface area contributed by atoms with Crippen molar-refractivity contribution in [2.45, 2.75) is 51.6 Å². The van der Waals surface area contributed by atoms with Crippen LogP contribution in [0.5, 0.6) is 0 Å². The molecule has 0 aromatic heterocycles. The Morgan fingerprint density at radius 3 is 2.67 bits per heavy atom. The number of ether oxygens (including phenoxy) is 1. The van der Waals surface area contributed by atoms with Crippen LogP contribution in [0.2, 0.25) is 0 Å². The van der Waals surface area contributed by atoms with Crippen molar-refractivity contribution in [2.24, 2.45) is 0 Å². The molecule has 1 N–H and O–H groups in total. The molecule has 0 spiro atoms. The third-order valence-corrected chi connectivity index (χ3v) is 3.32. The smallest absolute Gasteiger partial charge is 0.245 e. The lowest BCUT2D eigenvalue weighted by Gasteiger charge is -2.37. The zero-order valence-electron chi connectivity index (χ0n) is 11.6. The molecule has 2 atom stereocenters. The molecule has 1 aliphatic heterocycles. The first-order valence-electron chi connectivity index (χ1n) is 6.71. The predicted octanol–water partition coefficient (Wildman–Crippen LogP) is 0.929. The van der Waals surface area contributed by atoms with Gasteiger partial charge in [0.05, 0.1) is 0 Å². The summed E-state index contributed by atoms with van der Waals surface area (Å²) in [6, 6.07) is -0.686. The number of carbonyl (C=O) groups is 2. The highest BCUT2D eigenvalue weighted by atomic mass is 16.5. The van der Waals surface area contributed by atoms with Gasteiger partial charge in [-0.15, -0.1) is 0 Å². The van der Waals surface area contributed by atoms with Crippen LogP contribution in [0, 0.1) is 0 Å². The fourth-order valence-corrected chi connectivity index (χ4v) is 2.20. The number of rotatable bonds is 7. The van der Waals surface area contributed by atoms with Gasteiger partial charge in [0, 0.05) is 20.3 Å². The Balaban J connectivity index is 2.55. The lowest BCUT2D eigenvalue weighted by Crippen LogP contribution is -2.62. The van der Waals surface area contributed by atoms with Crippen LogP contribution in [-0.2, 0) is 14.3 Å². The van der Waals surface area contributed by atoms with Crippen LogP contribution in [0.25, 0.3) is 0 Å². The molecule has 0 aromatic carbocycles. The zero-order valence-corrected chi connectivity index (χ0v) is 11.6. The summed E-state index contributed by atoms with van der Waals surface area (Å²) < 4.78 is 4.98. The molecule has 0 saturated carbocycles. The SMILES string of the molecule is CCCC1NC(=O)C(C)N(CCCCOC)C1=O. The molecule has 0 bridgehead atoms. The number of nitrogens with zero attached hydrogens (tertiary/aromatic N) is 1. The molecular weight excluding hydrogens is 232 g/mol. The van der Waals surface area contributed by atoms with Crippen molar-refractivity contribution in [3.8, 4) is 0 Å². The van der Waals surface area contributed by atoms with E-state index >= 15 is 0 Å². The van der Waals surface area contributed by atoms with Crippen molar-refractivity contribution in [2.75, 3.05) is 20.3 Å². The van der Waals surface area contributed by atoms with E-state index in [-0.39, 0.29) is 23.9 Å². The first kappa shape index (κ1) is 15.0. The van der Waals surface area contributed by atoms with E-state index in [4.69, 9.17) is 4.74 Å². The van der Waals surface area contributed by atoms with Gasteiger partial charge in [-0.1, -0.05) is 13.3 Å². The van der Waals surface area contributed by atoms with Crippen molar-refractivity contribution in [3.63, 3.8) is 0 Å². The molecule has 1 heterocycles. The largest absolute Gasteiger partial charge is 0.385 e. The maximum atomic E-state index is 12.2. The zero-order chi connectivity index (χ0) is 13.5. The number of hydrogen-bond acceptors (Lipinski definition) is 3. The summed E-state index contributed by atoms with van der Waals surface area (Å²) in [6.07, 6.45) is 3.39. The third-order valence-electron chi connectivity index (χ3n) is 3.32. The van der Waals surface area contributed by atoms with Crippen LogP contribution in [0.1, 0.15) is 39.5 Å². The molecule has 0 radical (unpaired) electrons. The predicted molar refractivity (Wildman–Crippen MR) is 69.1 cm³/mol. The lowest BCUT2D eigenvalue weighted by molar-refractivity contribution is -0.148. The van der Waals surface area contributed by atoms with Gasteiger partial charge in [-0.2, -0.15) is 0 Å². The standard InChI is InChI=1S/C13H24N2O3/c1-4-7-11-13(17)15(8-5-6-9-18-3)10(2)12(16)14-11/h10-11H,4-9H2,1-3H3,(H,14,16). The van der Waals surface area contributed by atoms with E-state index in [0.717, 1.165) is 19.3 Å². The quantitative estimate of drug-likeness (QED) is 0.689. The van der Waals surface area contributed by atoms with Crippen LogP contribution < -0.4 is 5.32 Å². The number of piperazine rings is 1. The Kier molecular flexibility index (Phi) is 6.12. The van der Waals surface area contributed by atoms with Crippen molar-refractivity contribution in [3.05, 3.63) is 0 Å². The minimum absolute atomic E-state index is 0.0419. The van der Waals surface area contributed by atoms with E-state index < -0.39 is 0 Å². The number of methoxy groups -OCH3 is 1. The van der Waals surface area contributed by atoms with E-state index in [1.54, 1.807) is 18.9 Å². The first-order chi connectivity index (χ1) is 8.61. The molecule has 5 heteroatoms. The number of nitrogens with one attached hydrogen (secondary N) is 1. The Labute approximate surface area is 109 Å². The lowest BCUT2D eigenvalue weighted by atomic mass is 10.0. The highest BCUT2D eigenvalue weighted by Gasteiger charge is 2.36. The average Bonchev–Trinajstić information content (AvgIpc) is 2.35. The molecule has 2 amide bonds. The van der Waals surface area contributed by atoms with E-state index in [1.807, 2.05) is 6.92 Å². The van der Waals surface area contributed by atoms with Gasteiger partial charge in [-0.25, -0.2) is 0 Å². The number of amides is 2. The summed E-state index contributed by atoms with van der Waals surface area (Å²) in [7, 11) is 1.67. The Morgan fingerprint density at radius 1 is 1.33 bits per heavy atom. The third kappa shape index (κ3) is 3.70. The van der Waals surface area contributed by atoms with Crippen LogP contribution in [0.3, 0.4) is 0 Å². The highest BCUT2D eigenvalue weighted by Crippen LogP contribution is 2.14. The Morgan fingerprint density at radius 2 is 2.06 bits per heavy atom. The molecule has 18 heavy (non-hydrogen) atoms. The number of carbonyl (C=O) groups excluding carboxylic acids is 2. The summed E-state index contributed by atoms with van der Waals surface area (Å²) in [6.45, 7) is 5.13. The van der Waals surface area contributed by atoms with Gasteiger partial charge < -0.3 is 15.0 Å². The van der Waals surface area contributed by atoms with Gasteiger partial charge in [-0.3, -0.25) is 9.59 Å². The van der Waals surface area contributed by atoms with Gasteiger partial charge in [0.1, 0.15) is 12.1 Å². The Hall–Kier alpha value is -1.10. The fraction of sp³-hybridized carbons (Fsp3) is 0.846. The molecule has 104 valence electrons. The van der Waals surface area contributed by atoms with Gasteiger partial charge in [0.15, 0.2) is 0 Å². The van der Waals surface area contributed by atoms with Gasteiger partial charge in [-0.05, 0) is 26.2 Å².